The van der Waals surface area contributed by atoms with Gasteiger partial charge in [-0.15, -0.1) is 0 Å². The molecule has 0 unspecified atom stereocenters. The van der Waals surface area contributed by atoms with Crippen LogP contribution in [0.4, 0.5) is 0 Å². The fraction of sp³-hybridized carbons (Fsp3) is 0.545. The number of hydrogen-bond donors (Lipinski definition) is 1. The Morgan fingerprint density at radius 2 is 2.07 bits per heavy atom. The van der Waals surface area contributed by atoms with E-state index < -0.39 is 0 Å². The average molecular weight is 194 g/mol. The van der Waals surface area contributed by atoms with E-state index in [1.165, 1.54) is 5.56 Å². The molecule has 0 saturated heterocycles. The second-order valence-corrected chi connectivity index (χ2v) is 3.70. The van der Waals surface area contributed by atoms with Crippen LogP contribution in [-0.2, 0) is 11.3 Å². The van der Waals surface area contributed by atoms with E-state index >= 15 is 0 Å². The smallest absolute Gasteiger partial charge is 0.0705 e. The molecule has 0 aliphatic carbocycles. The molecule has 0 fully saturated rings. The summed E-state index contributed by atoms with van der Waals surface area (Å²) in [6.45, 7) is 5.86. The summed E-state index contributed by atoms with van der Waals surface area (Å²) < 4.78 is 0. The summed E-state index contributed by atoms with van der Waals surface area (Å²) in [6.07, 6.45) is 4.59. The van der Waals surface area contributed by atoms with E-state index in [0.717, 1.165) is 19.6 Å². The molecule has 0 bridgehead atoms. The molecule has 0 amide bonds. The Labute approximate surface area is 85.5 Å². The molecule has 1 N–H and O–H groups in total. The summed E-state index contributed by atoms with van der Waals surface area (Å²) >= 11 is 0. The minimum Gasteiger partial charge on any atom is -0.302 e. The lowest BCUT2D eigenvalue weighted by molar-refractivity contribution is 0.0247. The van der Waals surface area contributed by atoms with Crippen molar-refractivity contribution in [1.82, 2.24) is 10.5 Å². The quantitative estimate of drug-likeness (QED) is 0.554. The molecule has 0 spiro atoms. The third-order valence-corrected chi connectivity index (χ3v) is 1.78. The Morgan fingerprint density at radius 1 is 1.36 bits per heavy atom. The number of rotatable bonds is 6. The minimum absolute atomic E-state index is 0.573. The minimum atomic E-state index is 0.573. The van der Waals surface area contributed by atoms with Gasteiger partial charge in [0.2, 0.25) is 0 Å². The fourth-order valence-electron chi connectivity index (χ4n) is 1.04. The third-order valence-electron chi connectivity index (χ3n) is 1.78. The molecule has 0 aliphatic heterocycles. The monoisotopic (exact) mass is 194 g/mol. The third kappa shape index (κ3) is 4.94. The van der Waals surface area contributed by atoms with E-state index in [9.17, 15) is 0 Å². The molecule has 0 atom stereocenters. The molecular weight excluding hydrogens is 176 g/mol. The van der Waals surface area contributed by atoms with Crippen molar-refractivity contribution in [3.05, 3.63) is 30.1 Å². The average Bonchev–Trinajstić information content (AvgIpc) is 2.18. The summed E-state index contributed by atoms with van der Waals surface area (Å²) in [4.78, 5) is 9.21. The van der Waals surface area contributed by atoms with Gasteiger partial charge in [-0.2, -0.15) is 0 Å². The summed E-state index contributed by atoms with van der Waals surface area (Å²) in [7, 11) is 0. The number of hydroxylamine groups is 1. The number of nitrogens with zero attached hydrogens (tertiary/aromatic N) is 1. The van der Waals surface area contributed by atoms with Gasteiger partial charge in [-0.25, -0.2) is 5.48 Å². The van der Waals surface area contributed by atoms with Crippen LogP contribution in [0.5, 0.6) is 0 Å². The van der Waals surface area contributed by atoms with Crippen LogP contribution in [0.15, 0.2) is 24.5 Å². The van der Waals surface area contributed by atoms with Crippen molar-refractivity contribution in [3.8, 4) is 0 Å². The number of pyridine rings is 1. The van der Waals surface area contributed by atoms with Crippen LogP contribution in [0, 0.1) is 5.92 Å². The molecule has 1 aromatic heterocycles. The molecule has 3 nitrogen and oxygen atoms in total. The molecule has 0 radical (unpaired) electrons. The van der Waals surface area contributed by atoms with Crippen molar-refractivity contribution in [3.63, 3.8) is 0 Å². The van der Waals surface area contributed by atoms with Gasteiger partial charge in [-0.05, 0) is 30.0 Å². The molecule has 1 aromatic rings. The second kappa shape index (κ2) is 6.51. The molecule has 0 saturated carbocycles. The summed E-state index contributed by atoms with van der Waals surface area (Å²) in [6, 6.07) is 4.04. The molecule has 1 heterocycles. The topological polar surface area (TPSA) is 34.1 Å². The number of aromatic nitrogens is 1. The Bertz CT molecular complexity index is 236. The van der Waals surface area contributed by atoms with Gasteiger partial charge in [0.1, 0.15) is 0 Å². The van der Waals surface area contributed by atoms with Gasteiger partial charge in [-0.1, -0.05) is 13.8 Å². The van der Waals surface area contributed by atoms with E-state index in [4.69, 9.17) is 4.84 Å². The zero-order chi connectivity index (χ0) is 10.2. The fourth-order valence-corrected chi connectivity index (χ4v) is 1.04. The lowest BCUT2D eigenvalue weighted by Gasteiger charge is -2.07. The van der Waals surface area contributed by atoms with Gasteiger partial charge < -0.3 is 4.84 Å². The van der Waals surface area contributed by atoms with Crippen LogP contribution in [0.25, 0.3) is 0 Å². The molecule has 0 aromatic carbocycles. The van der Waals surface area contributed by atoms with Crippen LogP contribution in [0.1, 0.15) is 19.4 Å². The Kier molecular flexibility index (Phi) is 5.19. The normalized spacial score (nSPS) is 10.8. The van der Waals surface area contributed by atoms with Crippen LogP contribution in [0.2, 0.25) is 0 Å². The molecular formula is C11H18N2O. The van der Waals surface area contributed by atoms with Crippen molar-refractivity contribution in [2.45, 2.75) is 20.3 Å². The first-order valence-electron chi connectivity index (χ1n) is 5.02. The number of nitrogens with one attached hydrogen (secondary N) is 1. The zero-order valence-corrected chi connectivity index (χ0v) is 8.86. The van der Waals surface area contributed by atoms with Gasteiger partial charge in [-0.3, -0.25) is 4.98 Å². The van der Waals surface area contributed by atoms with Gasteiger partial charge in [0.25, 0.3) is 0 Å². The van der Waals surface area contributed by atoms with Gasteiger partial charge >= 0.3 is 0 Å². The van der Waals surface area contributed by atoms with E-state index in [0.29, 0.717) is 5.92 Å². The maximum absolute atomic E-state index is 5.25. The Morgan fingerprint density at radius 3 is 2.71 bits per heavy atom. The predicted octanol–water partition coefficient (Wildman–Crippen LogP) is 1.80. The molecule has 0 aliphatic rings. The van der Waals surface area contributed by atoms with Crippen LogP contribution in [0.3, 0.4) is 0 Å². The highest BCUT2D eigenvalue weighted by atomic mass is 16.6. The molecule has 14 heavy (non-hydrogen) atoms. The summed E-state index contributed by atoms with van der Waals surface area (Å²) in [5.41, 5.74) is 4.22. The lowest BCUT2D eigenvalue weighted by atomic mass is 10.2. The molecule has 1 rings (SSSR count). The summed E-state index contributed by atoms with van der Waals surface area (Å²) in [5, 5.41) is 0. The first-order chi connectivity index (χ1) is 6.79. The van der Waals surface area contributed by atoms with Crippen molar-refractivity contribution in [1.29, 1.82) is 0 Å². The van der Waals surface area contributed by atoms with Crippen molar-refractivity contribution in [2.75, 3.05) is 13.2 Å². The molecule has 78 valence electrons. The van der Waals surface area contributed by atoms with Gasteiger partial charge in [0, 0.05) is 18.9 Å². The van der Waals surface area contributed by atoms with Crippen molar-refractivity contribution < 1.29 is 4.84 Å². The van der Waals surface area contributed by atoms with Crippen molar-refractivity contribution in [2.24, 2.45) is 5.92 Å². The standard InChI is InChI=1S/C11H18N2O/c1-10(2)9-14-13-8-5-11-3-6-12-7-4-11/h3-4,6-7,10,13H,5,8-9H2,1-2H3. The predicted molar refractivity (Wildman–Crippen MR) is 56.7 cm³/mol. The SMILES string of the molecule is CC(C)CONCCc1ccncc1. The molecule has 3 heteroatoms. The van der Waals surface area contributed by atoms with E-state index in [2.05, 4.69) is 24.3 Å². The van der Waals surface area contributed by atoms with E-state index in [-0.39, 0.29) is 0 Å². The van der Waals surface area contributed by atoms with Crippen LogP contribution >= 0.6 is 0 Å². The van der Waals surface area contributed by atoms with Gasteiger partial charge in [0.05, 0.1) is 6.61 Å². The first kappa shape index (κ1) is 11.1. The largest absolute Gasteiger partial charge is 0.302 e. The maximum atomic E-state index is 5.25. The Balaban J connectivity index is 2.05. The number of hydrogen-bond acceptors (Lipinski definition) is 3. The maximum Gasteiger partial charge on any atom is 0.0705 e. The highest BCUT2D eigenvalue weighted by molar-refractivity contribution is 5.09. The highest BCUT2D eigenvalue weighted by Gasteiger charge is 1.94. The summed E-state index contributed by atoms with van der Waals surface area (Å²) in [5.74, 6) is 0.573. The van der Waals surface area contributed by atoms with E-state index in [1.54, 1.807) is 0 Å². The first-order valence-corrected chi connectivity index (χ1v) is 5.02. The van der Waals surface area contributed by atoms with Crippen molar-refractivity contribution >= 4 is 0 Å². The van der Waals surface area contributed by atoms with Crippen LogP contribution < -0.4 is 5.48 Å². The van der Waals surface area contributed by atoms with E-state index in [1.807, 2.05) is 24.5 Å². The van der Waals surface area contributed by atoms with Crippen LogP contribution in [-0.4, -0.2) is 18.1 Å². The van der Waals surface area contributed by atoms with Gasteiger partial charge in [0.15, 0.2) is 0 Å². The second-order valence-electron chi connectivity index (χ2n) is 3.70. The highest BCUT2D eigenvalue weighted by Crippen LogP contribution is 1.96. The zero-order valence-electron chi connectivity index (χ0n) is 8.86. The lowest BCUT2D eigenvalue weighted by Crippen LogP contribution is -2.20. The Hall–Kier alpha value is -0.930.